The molecule has 1 aliphatic carbocycles. The predicted molar refractivity (Wildman–Crippen MR) is 246 cm³/mol. The zero-order valence-electron chi connectivity index (χ0n) is 34.2. The molecule has 0 amide bonds. The van der Waals surface area contributed by atoms with Gasteiger partial charge in [-0.2, -0.15) is 0 Å². The fraction of sp³-hybridized carbons (Fsp3) is 0.259. The van der Waals surface area contributed by atoms with Crippen LogP contribution < -0.4 is 15.7 Å². The largest absolute Gasteiger partial charge is 0.376 e. The molecule has 0 saturated heterocycles. The van der Waals surface area contributed by atoms with Gasteiger partial charge in [0.15, 0.2) is 0 Å². The molecule has 0 N–H and O–H groups in total. The van der Waals surface area contributed by atoms with E-state index in [2.05, 4.69) is 165 Å². The van der Waals surface area contributed by atoms with Gasteiger partial charge in [-0.3, -0.25) is 0 Å². The minimum Gasteiger partial charge on any atom is -0.376 e. The molecule has 0 unspecified atom stereocenters. The van der Waals surface area contributed by atoms with Gasteiger partial charge in [-0.1, -0.05) is 138 Å². The van der Waals surface area contributed by atoms with Crippen molar-refractivity contribution < 1.29 is 0 Å². The van der Waals surface area contributed by atoms with Crippen LogP contribution in [-0.2, 0) is 18.3 Å². The maximum absolute atomic E-state index is 2.75. The number of aromatic nitrogens is 1. The van der Waals surface area contributed by atoms with Gasteiger partial charge in [0.1, 0.15) is 0 Å². The zero-order valence-corrected chi connectivity index (χ0v) is 34.2. The summed E-state index contributed by atoms with van der Waals surface area (Å²) in [7, 11) is 0. The number of aryl methyl sites for hydroxylation is 3. The number of hydrogen-bond acceptors (Lipinski definition) is 1. The van der Waals surface area contributed by atoms with E-state index >= 15 is 0 Å². The first-order chi connectivity index (χ1) is 27.9. The Kier molecular flexibility index (Phi) is 7.91. The standard InChI is InChI=1S/C54H51BN2/c1-6-8-10-16-35-22-26-38(27-23-35)57-49-33-45-42(40-28-25-37-18-12-13-19-39(37)51(40)54(45,4)5)32-43(49)44-30-34(3)50-41-20-14-15-21-47(41)56-48-29-24-36(17-11-9-7-2)31-46(48)55(57)52(44)53(50)56/h12-15,18-33H,6-11,16-17H2,1-5H3. The van der Waals surface area contributed by atoms with Crippen molar-refractivity contribution in [2.24, 2.45) is 0 Å². The Morgan fingerprint density at radius 2 is 1.32 bits per heavy atom. The quantitative estimate of drug-likeness (QED) is 0.106. The second kappa shape index (κ2) is 13.0. The van der Waals surface area contributed by atoms with Crippen molar-refractivity contribution in [3.63, 3.8) is 0 Å². The first kappa shape index (κ1) is 34.7. The number of rotatable bonds is 9. The lowest BCUT2D eigenvalue weighted by molar-refractivity contribution is 0.666. The van der Waals surface area contributed by atoms with Crippen molar-refractivity contribution in [3.8, 4) is 27.9 Å². The van der Waals surface area contributed by atoms with Gasteiger partial charge in [-0.05, 0) is 135 Å². The van der Waals surface area contributed by atoms with E-state index in [0.29, 0.717) is 0 Å². The topological polar surface area (TPSA) is 8.17 Å². The summed E-state index contributed by atoms with van der Waals surface area (Å²) in [5.74, 6) is 0. The second-order valence-electron chi connectivity index (χ2n) is 17.7. The normalized spacial score (nSPS) is 14.3. The van der Waals surface area contributed by atoms with Crippen molar-refractivity contribution in [2.45, 2.75) is 91.4 Å². The molecule has 0 atom stereocenters. The second-order valence-corrected chi connectivity index (χ2v) is 17.7. The van der Waals surface area contributed by atoms with E-state index in [0.717, 1.165) is 12.8 Å². The zero-order chi connectivity index (χ0) is 38.6. The summed E-state index contributed by atoms with van der Waals surface area (Å²) in [6, 6.07) is 47.7. The van der Waals surface area contributed by atoms with Crippen molar-refractivity contribution in [1.29, 1.82) is 0 Å². The molecule has 0 spiro atoms. The number of hydrogen-bond donors (Lipinski definition) is 0. The number of benzene rings is 7. The first-order valence-corrected chi connectivity index (χ1v) is 21.7. The Morgan fingerprint density at radius 3 is 2.11 bits per heavy atom. The third-order valence-corrected chi connectivity index (χ3v) is 13.9. The number of anilines is 2. The van der Waals surface area contributed by atoms with Crippen molar-refractivity contribution in [3.05, 3.63) is 149 Å². The molecular weight excluding hydrogens is 687 g/mol. The van der Waals surface area contributed by atoms with E-state index in [-0.39, 0.29) is 12.3 Å². The van der Waals surface area contributed by atoms with E-state index in [1.807, 2.05) is 0 Å². The molecule has 0 saturated carbocycles. The molecule has 57 heavy (non-hydrogen) atoms. The summed E-state index contributed by atoms with van der Waals surface area (Å²) in [6.07, 6.45) is 9.73. The molecule has 3 heteroatoms. The predicted octanol–water partition coefficient (Wildman–Crippen LogP) is 13.3. The van der Waals surface area contributed by atoms with E-state index in [1.165, 1.54) is 149 Å². The summed E-state index contributed by atoms with van der Waals surface area (Å²) in [4.78, 5) is 2.75. The highest BCUT2D eigenvalue weighted by molar-refractivity contribution is 6.93. The van der Waals surface area contributed by atoms with E-state index in [4.69, 9.17) is 0 Å². The lowest BCUT2D eigenvalue weighted by atomic mass is 9.43. The fourth-order valence-electron chi connectivity index (χ4n) is 11.2. The number of nitrogens with zero attached hydrogens (tertiary/aromatic N) is 2. The molecule has 2 nitrogen and oxygen atoms in total. The molecule has 3 aliphatic rings. The molecule has 2 aliphatic heterocycles. The van der Waals surface area contributed by atoms with Crippen molar-refractivity contribution >= 4 is 61.7 Å². The minimum absolute atomic E-state index is 0.0326. The van der Waals surface area contributed by atoms with Crippen LogP contribution in [0.4, 0.5) is 11.4 Å². The number of para-hydroxylation sites is 1. The highest BCUT2D eigenvalue weighted by Crippen LogP contribution is 2.56. The minimum atomic E-state index is -0.154. The van der Waals surface area contributed by atoms with Crippen LogP contribution in [0.3, 0.4) is 0 Å². The van der Waals surface area contributed by atoms with Crippen LogP contribution in [0.5, 0.6) is 0 Å². The van der Waals surface area contributed by atoms with E-state index in [1.54, 1.807) is 0 Å². The average molecular weight is 739 g/mol. The summed E-state index contributed by atoms with van der Waals surface area (Å²) >= 11 is 0. The lowest BCUT2D eigenvalue weighted by Crippen LogP contribution is -2.60. The van der Waals surface area contributed by atoms with Gasteiger partial charge in [0.25, 0.3) is 0 Å². The monoisotopic (exact) mass is 738 g/mol. The van der Waals surface area contributed by atoms with Gasteiger partial charge in [0, 0.05) is 38.8 Å². The van der Waals surface area contributed by atoms with Crippen molar-refractivity contribution in [1.82, 2.24) is 4.57 Å². The maximum atomic E-state index is 2.75. The molecule has 0 radical (unpaired) electrons. The lowest BCUT2D eigenvalue weighted by Gasteiger charge is -2.43. The molecule has 11 rings (SSSR count). The summed E-state index contributed by atoms with van der Waals surface area (Å²) in [5.41, 5.74) is 21.9. The van der Waals surface area contributed by atoms with E-state index in [9.17, 15) is 0 Å². The highest BCUT2D eigenvalue weighted by Gasteiger charge is 2.46. The third kappa shape index (κ3) is 4.97. The summed E-state index contributed by atoms with van der Waals surface area (Å²) < 4.78 is 2.62. The van der Waals surface area contributed by atoms with Crippen LogP contribution >= 0.6 is 0 Å². The maximum Gasteiger partial charge on any atom is 0.333 e. The molecule has 7 aromatic carbocycles. The highest BCUT2D eigenvalue weighted by atomic mass is 15.1. The molecule has 1 aromatic heterocycles. The summed E-state index contributed by atoms with van der Waals surface area (Å²) in [5, 5.41) is 5.42. The fourth-order valence-corrected chi connectivity index (χ4v) is 11.2. The number of fused-ring (bicyclic) bond motifs is 13. The van der Waals surface area contributed by atoms with Gasteiger partial charge in [0.05, 0.1) is 11.0 Å². The Morgan fingerprint density at radius 1 is 0.596 bits per heavy atom. The molecule has 0 fully saturated rings. The third-order valence-electron chi connectivity index (χ3n) is 13.9. The van der Waals surface area contributed by atoms with Crippen LogP contribution in [0.2, 0.25) is 0 Å². The Hall–Kier alpha value is -5.54. The molecule has 280 valence electrons. The van der Waals surface area contributed by atoms with Crippen LogP contribution in [0, 0.1) is 6.92 Å². The van der Waals surface area contributed by atoms with Crippen LogP contribution in [0.1, 0.15) is 94.0 Å². The SMILES string of the molecule is CCCCCc1ccc(N2B3c4cc(CCCCC)ccc4-n4c5ccccc5c5c(C)cc(c3c54)-c3cc4c(cc32)C(C)(C)c2c-4ccc3ccccc23)cc1. The summed E-state index contributed by atoms with van der Waals surface area (Å²) in [6.45, 7) is 11.9. The van der Waals surface area contributed by atoms with Crippen LogP contribution in [0.25, 0.3) is 60.5 Å². The van der Waals surface area contributed by atoms with Gasteiger partial charge >= 0.3 is 6.85 Å². The molecular formula is C54H51BN2. The first-order valence-electron chi connectivity index (χ1n) is 21.7. The van der Waals surface area contributed by atoms with Gasteiger partial charge < -0.3 is 9.38 Å². The molecule has 3 heterocycles. The average Bonchev–Trinajstić information content (AvgIpc) is 3.70. The Bertz CT molecular complexity index is 2930. The van der Waals surface area contributed by atoms with Gasteiger partial charge in [-0.25, -0.2) is 0 Å². The van der Waals surface area contributed by atoms with Crippen molar-refractivity contribution in [2.75, 3.05) is 4.81 Å². The van der Waals surface area contributed by atoms with Gasteiger partial charge in [-0.15, -0.1) is 0 Å². The Labute approximate surface area is 338 Å². The smallest absolute Gasteiger partial charge is 0.333 e. The van der Waals surface area contributed by atoms with Gasteiger partial charge in [0.2, 0.25) is 0 Å². The molecule has 0 bridgehead atoms. The Balaban J connectivity index is 1.23. The van der Waals surface area contributed by atoms with Crippen LogP contribution in [-0.4, -0.2) is 11.4 Å². The molecule has 8 aromatic rings. The van der Waals surface area contributed by atoms with Crippen LogP contribution in [0.15, 0.2) is 121 Å². The van der Waals surface area contributed by atoms with E-state index < -0.39 is 0 Å². The number of unbranched alkanes of at least 4 members (excludes halogenated alkanes) is 4.